The second-order valence-electron chi connectivity index (χ2n) is 5.31. The van der Waals surface area contributed by atoms with Gasteiger partial charge in [0, 0.05) is 12.6 Å². The average Bonchev–Trinajstić information content (AvgIpc) is 2.42. The van der Waals surface area contributed by atoms with Gasteiger partial charge in [-0.05, 0) is 30.5 Å². The van der Waals surface area contributed by atoms with Crippen molar-refractivity contribution in [2.24, 2.45) is 0 Å². The second-order valence-corrected chi connectivity index (χ2v) is 5.31. The predicted octanol–water partition coefficient (Wildman–Crippen LogP) is 5.29. The lowest BCUT2D eigenvalue weighted by atomic mass is 10.0. The fourth-order valence-corrected chi connectivity index (χ4v) is 2.37. The lowest BCUT2D eigenvalue weighted by Crippen LogP contribution is -2.29. The minimum Gasteiger partial charge on any atom is -0.310 e. The third-order valence-corrected chi connectivity index (χ3v) is 3.50. The maximum absolute atomic E-state index is 13.0. The normalized spacial score (nSPS) is 13.4. The molecule has 0 fully saturated rings. The second kappa shape index (κ2) is 8.37. The van der Waals surface area contributed by atoms with Crippen molar-refractivity contribution in [2.75, 3.05) is 0 Å². The van der Waals surface area contributed by atoms with Crippen LogP contribution in [0.25, 0.3) is 0 Å². The first-order valence-corrected chi connectivity index (χ1v) is 7.47. The zero-order valence-corrected chi connectivity index (χ0v) is 12.6. The van der Waals surface area contributed by atoms with Gasteiger partial charge in [0.15, 0.2) is 0 Å². The van der Waals surface area contributed by atoms with E-state index < -0.39 is 17.6 Å². The van der Waals surface area contributed by atoms with E-state index in [2.05, 4.69) is 19.2 Å². The molecular weight excluding hydrogens is 282 g/mol. The summed E-state index contributed by atoms with van der Waals surface area (Å²) in [6.45, 7) is 4.26. The van der Waals surface area contributed by atoms with Crippen molar-refractivity contribution >= 4 is 0 Å². The number of hydrogen-bond acceptors (Lipinski definition) is 1. The fraction of sp³-hybridized carbons (Fsp3) is 0.625. The van der Waals surface area contributed by atoms with Crippen LogP contribution in [0.5, 0.6) is 0 Å². The van der Waals surface area contributed by atoms with E-state index in [0.29, 0.717) is 6.07 Å². The summed E-state index contributed by atoms with van der Waals surface area (Å²) in [5.41, 5.74) is -0.790. The number of rotatable bonds is 8. The van der Waals surface area contributed by atoms with Crippen LogP contribution in [0.2, 0.25) is 0 Å². The van der Waals surface area contributed by atoms with Crippen molar-refractivity contribution in [2.45, 2.75) is 64.7 Å². The summed E-state index contributed by atoms with van der Waals surface area (Å²) in [4.78, 5) is 0. The lowest BCUT2D eigenvalue weighted by molar-refractivity contribution is -0.138. The zero-order chi connectivity index (χ0) is 15.9. The van der Waals surface area contributed by atoms with Crippen LogP contribution in [0.3, 0.4) is 0 Å². The highest BCUT2D eigenvalue weighted by Crippen LogP contribution is 2.32. The zero-order valence-electron chi connectivity index (χ0n) is 12.6. The number of unbranched alkanes of at least 4 members (excludes halogenated alkanes) is 1. The van der Waals surface area contributed by atoms with E-state index in [1.165, 1.54) is 6.07 Å². The maximum atomic E-state index is 13.0. The van der Waals surface area contributed by atoms with Crippen molar-refractivity contribution < 1.29 is 17.6 Å². The molecule has 0 amide bonds. The Morgan fingerprint density at radius 3 is 2.38 bits per heavy atom. The molecule has 120 valence electrons. The Morgan fingerprint density at radius 2 is 1.81 bits per heavy atom. The number of hydrogen-bond donors (Lipinski definition) is 1. The van der Waals surface area contributed by atoms with Crippen molar-refractivity contribution in [3.63, 3.8) is 0 Å². The predicted molar refractivity (Wildman–Crippen MR) is 76.5 cm³/mol. The van der Waals surface area contributed by atoms with E-state index in [1.807, 2.05) is 0 Å². The van der Waals surface area contributed by atoms with E-state index in [9.17, 15) is 17.6 Å². The Bertz CT molecular complexity index is 429. The number of benzene rings is 1. The topological polar surface area (TPSA) is 12.0 Å². The van der Waals surface area contributed by atoms with Crippen LogP contribution in [0.15, 0.2) is 18.2 Å². The summed E-state index contributed by atoms with van der Waals surface area (Å²) in [6, 6.07) is 3.07. The summed E-state index contributed by atoms with van der Waals surface area (Å²) < 4.78 is 51.8. The molecular formula is C16H23F4N. The summed E-state index contributed by atoms with van der Waals surface area (Å²) in [5.74, 6) is -0.859. The first-order valence-electron chi connectivity index (χ1n) is 7.47. The number of nitrogens with one attached hydrogen (secondary N) is 1. The summed E-state index contributed by atoms with van der Waals surface area (Å²) in [5, 5.41) is 3.18. The molecule has 1 aromatic rings. The molecule has 0 spiro atoms. The molecule has 0 aliphatic heterocycles. The van der Waals surface area contributed by atoms with Gasteiger partial charge in [0.25, 0.3) is 0 Å². The van der Waals surface area contributed by atoms with Crippen LogP contribution in [0.4, 0.5) is 17.6 Å². The Hall–Kier alpha value is -1.10. The quantitative estimate of drug-likeness (QED) is 0.643. The van der Waals surface area contributed by atoms with Crippen LogP contribution in [0, 0.1) is 5.82 Å². The molecule has 0 saturated carbocycles. The molecule has 1 atom stereocenters. The van der Waals surface area contributed by atoms with Gasteiger partial charge in [-0.2, -0.15) is 13.2 Å². The Labute approximate surface area is 123 Å². The van der Waals surface area contributed by atoms with Gasteiger partial charge in [-0.3, -0.25) is 0 Å². The summed E-state index contributed by atoms with van der Waals surface area (Å²) in [6.07, 6.45) is 0.453. The molecule has 1 rings (SSSR count). The molecule has 0 aliphatic carbocycles. The van der Waals surface area contributed by atoms with E-state index in [0.717, 1.165) is 38.2 Å². The first kappa shape index (κ1) is 18.0. The van der Waals surface area contributed by atoms with Crippen LogP contribution in [0.1, 0.15) is 57.1 Å². The van der Waals surface area contributed by atoms with Crippen LogP contribution >= 0.6 is 0 Å². The largest absolute Gasteiger partial charge is 0.416 e. The fourth-order valence-electron chi connectivity index (χ4n) is 2.37. The van der Waals surface area contributed by atoms with Gasteiger partial charge in [-0.15, -0.1) is 0 Å². The van der Waals surface area contributed by atoms with Gasteiger partial charge >= 0.3 is 6.18 Å². The van der Waals surface area contributed by atoms with E-state index in [1.54, 1.807) is 0 Å². The standard InChI is InChI=1S/C16H23F4N/c1-3-5-7-14(6-4-2)21-11-12-8-9-13(17)10-15(12)16(18,19)20/h8-10,14,21H,3-7,11H2,1-2H3. The highest BCUT2D eigenvalue weighted by Gasteiger charge is 2.33. The van der Waals surface area contributed by atoms with Crippen molar-refractivity contribution in [1.82, 2.24) is 5.32 Å². The minimum absolute atomic E-state index is 0.0986. The van der Waals surface area contributed by atoms with Gasteiger partial charge in [-0.1, -0.05) is 39.2 Å². The highest BCUT2D eigenvalue weighted by molar-refractivity contribution is 5.30. The SMILES string of the molecule is CCCCC(CCC)NCc1ccc(F)cc1C(F)(F)F. The molecule has 0 bridgehead atoms. The molecule has 5 heteroatoms. The molecule has 0 radical (unpaired) electrons. The molecule has 1 aromatic carbocycles. The summed E-state index contributed by atoms with van der Waals surface area (Å²) in [7, 11) is 0. The lowest BCUT2D eigenvalue weighted by Gasteiger charge is -2.20. The molecule has 1 unspecified atom stereocenters. The first-order chi connectivity index (χ1) is 9.88. The van der Waals surface area contributed by atoms with E-state index >= 15 is 0 Å². The summed E-state index contributed by atoms with van der Waals surface area (Å²) >= 11 is 0. The van der Waals surface area contributed by atoms with Gasteiger partial charge in [-0.25, -0.2) is 4.39 Å². The Kier molecular flexibility index (Phi) is 7.15. The molecule has 0 aliphatic rings. The monoisotopic (exact) mass is 305 g/mol. The third-order valence-electron chi connectivity index (χ3n) is 3.50. The maximum Gasteiger partial charge on any atom is 0.416 e. The van der Waals surface area contributed by atoms with E-state index in [4.69, 9.17) is 0 Å². The van der Waals surface area contributed by atoms with Gasteiger partial charge < -0.3 is 5.32 Å². The van der Waals surface area contributed by atoms with E-state index in [-0.39, 0.29) is 18.2 Å². The van der Waals surface area contributed by atoms with Crippen LogP contribution < -0.4 is 5.32 Å². The van der Waals surface area contributed by atoms with Gasteiger partial charge in [0.05, 0.1) is 5.56 Å². The van der Waals surface area contributed by atoms with Crippen molar-refractivity contribution in [1.29, 1.82) is 0 Å². The number of alkyl halides is 3. The number of halogens is 4. The van der Waals surface area contributed by atoms with Crippen LogP contribution in [-0.4, -0.2) is 6.04 Å². The molecule has 1 N–H and O–H groups in total. The van der Waals surface area contributed by atoms with Crippen molar-refractivity contribution in [3.05, 3.63) is 35.1 Å². The molecule has 0 saturated heterocycles. The van der Waals surface area contributed by atoms with Crippen LogP contribution in [-0.2, 0) is 12.7 Å². The highest BCUT2D eigenvalue weighted by atomic mass is 19.4. The smallest absolute Gasteiger partial charge is 0.310 e. The van der Waals surface area contributed by atoms with Gasteiger partial charge in [0.1, 0.15) is 5.82 Å². The Balaban J connectivity index is 2.77. The average molecular weight is 305 g/mol. The Morgan fingerprint density at radius 1 is 1.10 bits per heavy atom. The van der Waals surface area contributed by atoms with Crippen molar-refractivity contribution in [3.8, 4) is 0 Å². The van der Waals surface area contributed by atoms with Gasteiger partial charge in [0.2, 0.25) is 0 Å². The molecule has 21 heavy (non-hydrogen) atoms. The molecule has 0 aromatic heterocycles. The molecule has 0 heterocycles. The minimum atomic E-state index is -4.53. The molecule has 1 nitrogen and oxygen atoms in total. The third kappa shape index (κ3) is 6.04.